The number of carbonyl (C=O) groups excluding carboxylic acids is 2. The number of aliphatic hydroxyl groups excluding tert-OH is 1. The van der Waals surface area contributed by atoms with Crippen molar-refractivity contribution in [1.82, 2.24) is 10.2 Å². The minimum atomic E-state index is -1.23. The molecule has 0 aliphatic rings. The van der Waals surface area contributed by atoms with E-state index in [-0.39, 0.29) is 32.0 Å². The molecule has 0 bridgehead atoms. The predicted octanol–water partition coefficient (Wildman–Crippen LogP) is -0.195. The van der Waals surface area contributed by atoms with Crippen LogP contribution < -0.4 is 5.32 Å². The third kappa shape index (κ3) is 6.37. The highest BCUT2D eigenvalue weighted by atomic mass is 16.5. The number of ether oxygens (including phenoxy) is 1. The van der Waals surface area contributed by atoms with E-state index in [2.05, 4.69) is 10.1 Å². The minimum Gasteiger partial charge on any atom is -0.480 e. The number of amides is 2. The second-order valence-corrected chi connectivity index (χ2v) is 4.47. The summed E-state index contributed by atoms with van der Waals surface area (Å²) in [6.45, 7) is 3.39. The number of methoxy groups -OCH3 is 1. The second-order valence-electron chi connectivity index (χ2n) is 4.47. The Bertz CT molecular complexity index is 345. The molecule has 0 rings (SSSR count). The van der Waals surface area contributed by atoms with Gasteiger partial charge < -0.3 is 25.2 Å². The van der Waals surface area contributed by atoms with Gasteiger partial charge in [-0.2, -0.15) is 0 Å². The summed E-state index contributed by atoms with van der Waals surface area (Å²) >= 11 is 0. The summed E-state index contributed by atoms with van der Waals surface area (Å²) in [7, 11) is 1.21. The van der Waals surface area contributed by atoms with Crippen molar-refractivity contribution in [3.63, 3.8) is 0 Å². The van der Waals surface area contributed by atoms with Crippen molar-refractivity contribution in [3.8, 4) is 0 Å². The molecule has 0 aromatic rings. The summed E-state index contributed by atoms with van der Waals surface area (Å²) < 4.78 is 4.42. The molecule has 0 radical (unpaired) electrons. The number of nitrogens with one attached hydrogen (secondary N) is 1. The third-order valence-electron chi connectivity index (χ3n) is 2.69. The average molecular weight is 290 g/mol. The van der Waals surface area contributed by atoms with Gasteiger partial charge in [0.1, 0.15) is 6.04 Å². The lowest BCUT2D eigenvalue weighted by Gasteiger charge is -2.27. The summed E-state index contributed by atoms with van der Waals surface area (Å²) in [5, 5.41) is 20.2. The first-order valence-electron chi connectivity index (χ1n) is 6.31. The van der Waals surface area contributed by atoms with Gasteiger partial charge in [0.2, 0.25) is 0 Å². The van der Waals surface area contributed by atoms with Crippen molar-refractivity contribution in [2.45, 2.75) is 38.8 Å². The first kappa shape index (κ1) is 18.2. The molecule has 116 valence electrons. The van der Waals surface area contributed by atoms with Gasteiger partial charge in [-0.3, -0.25) is 4.79 Å². The maximum Gasteiger partial charge on any atom is 0.326 e. The molecule has 3 N–H and O–H groups in total. The molecule has 8 heteroatoms. The van der Waals surface area contributed by atoms with E-state index >= 15 is 0 Å². The number of urea groups is 1. The van der Waals surface area contributed by atoms with E-state index in [1.165, 1.54) is 12.0 Å². The highest BCUT2D eigenvalue weighted by molar-refractivity contribution is 5.83. The number of nitrogens with zero attached hydrogens (tertiary/aromatic N) is 1. The Morgan fingerprint density at radius 1 is 1.30 bits per heavy atom. The number of aliphatic hydroxyl groups is 1. The van der Waals surface area contributed by atoms with Gasteiger partial charge in [0.05, 0.1) is 13.7 Å². The van der Waals surface area contributed by atoms with Crippen molar-refractivity contribution in [2.75, 3.05) is 20.3 Å². The number of carbonyl (C=O) groups is 3. The lowest BCUT2D eigenvalue weighted by molar-refractivity contribution is -0.142. The maximum absolute atomic E-state index is 11.9. The Kier molecular flexibility index (Phi) is 8.30. The van der Waals surface area contributed by atoms with Gasteiger partial charge in [0.25, 0.3) is 0 Å². The average Bonchev–Trinajstić information content (AvgIpc) is 2.39. The SMILES string of the molecule is COC(=O)CC[C@@H](NC(=O)N(CCO)C(C)C)C(=O)O. The largest absolute Gasteiger partial charge is 0.480 e. The summed E-state index contributed by atoms with van der Waals surface area (Å²) in [6, 6.07) is -1.95. The molecular weight excluding hydrogens is 268 g/mol. The fourth-order valence-corrected chi connectivity index (χ4v) is 1.56. The highest BCUT2D eigenvalue weighted by Crippen LogP contribution is 2.03. The van der Waals surface area contributed by atoms with Crippen LogP contribution in [0.2, 0.25) is 0 Å². The highest BCUT2D eigenvalue weighted by Gasteiger charge is 2.25. The molecule has 1 atom stereocenters. The molecule has 8 nitrogen and oxygen atoms in total. The molecule has 20 heavy (non-hydrogen) atoms. The first-order chi connectivity index (χ1) is 9.33. The third-order valence-corrected chi connectivity index (χ3v) is 2.69. The molecule has 0 aliphatic carbocycles. The van der Waals surface area contributed by atoms with E-state index in [0.29, 0.717) is 0 Å². The molecule has 0 spiro atoms. The van der Waals surface area contributed by atoms with E-state index in [1.807, 2.05) is 0 Å². The zero-order valence-corrected chi connectivity index (χ0v) is 12.0. The van der Waals surface area contributed by atoms with Crippen LogP contribution in [0.5, 0.6) is 0 Å². The summed E-state index contributed by atoms with van der Waals surface area (Å²) in [4.78, 5) is 35.3. The van der Waals surface area contributed by atoms with Crippen molar-refractivity contribution in [3.05, 3.63) is 0 Å². The fraction of sp³-hybridized carbons (Fsp3) is 0.750. The predicted molar refractivity (Wildman–Crippen MR) is 70.1 cm³/mol. The van der Waals surface area contributed by atoms with Crippen molar-refractivity contribution in [2.24, 2.45) is 0 Å². The van der Waals surface area contributed by atoms with Crippen molar-refractivity contribution in [1.29, 1.82) is 0 Å². The van der Waals surface area contributed by atoms with Crippen LogP contribution in [0.25, 0.3) is 0 Å². The van der Waals surface area contributed by atoms with Crippen molar-refractivity contribution >= 4 is 18.0 Å². The lowest BCUT2D eigenvalue weighted by atomic mass is 10.1. The number of carboxylic acid groups (broad SMARTS) is 1. The van der Waals surface area contributed by atoms with Crippen LogP contribution in [0.1, 0.15) is 26.7 Å². The molecule has 0 heterocycles. The van der Waals surface area contributed by atoms with Crippen LogP contribution in [-0.2, 0) is 14.3 Å². The van der Waals surface area contributed by atoms with Gasteiger partial charge in [0.15, 0.2) is 0 Å². The number of hydrogen-bond acceptors (Lipinski definition) is 5. The Hall–Kier alpha value is -1.83. The monoisotopic (exact) mass is 290 g/mol. The van der Waals surface area contributed by atoms with Gasteiger partial charge in [-0.1, -0.05) is 0 Å². The zero-order chi connectivity index (χ0) is 15.7. The topological polar surface area (TPSA) is 116 Å². The molecule has 0 saturated carbocycles. The summed E-state index contributed by atoms with van der Waals surface area (Å²) in [5.74, 6) is -1.77. The Labute approximate surface area is 117 Å². The molecule has 0 aromatic carbocycles. The number of rotatable bonds is 8. The minimum absolute atomic E-state index is 0.0567. The molecule has 0 saturated heterocycles. The van der Waals surface area contributed by atoms with Gasteiger partial charge in [-0.15, -0.1) is 0 Å². The molecule has 0 aromatic heterocycles. The smallest absolute Gasteiger partial charge is 0.326 e. The lowest BCUT2D eigenvalue weighted by Crippen LogP contribution is -2.51. The summed E-state index contributed by atoms with van der Waals surface area (Å²) in [5.41, 5.74) is 0. The molecular formula is C12H22N2O6. The van der Waals surface area contributed by atoms with Crippen LogP contribution >= 0.6 is 0 Å². The second kappa shape index (κ2) is 9.13. The Balaban J connectivity index is 4.60. The van der Waals surface area contributed by atoms with Gasteiger partial charge in [-0.05, 0) is 20.3 Å². The zero-order valence-electron chi connectivity index (χ0n) is 12.0. The fourth-order valence-electron chi connectivity index (χ4n) is 1.56. The van der Waals surface area contributed by atoms with E-state index in [0.717, 1.165) is 0 Å². The van der Waals surface area contributed by atoms with Crippen LogP contribution in [0.4, 0.5) is 4.79 Å². The van der Waals surface area contributed by atoms with E-state index in [4.69, 9.17) is 10.2 Å². The Morgan fingerprint density at radius 3 is 2.30 bits per heavy atom. The number of hydrogen-bond donors (Lipinski definition) is 3. The molecule has 2 amide bonds. The van der Waals surface area contributed by atoms with Gasteiger partial charge in [-0.25, -0.2) is 9.59 Å². The van der Waals surface area contributed by atoms with Crippen LogP contribution in [0.15, 0.2) is 0 Å². The summed E-state index contributed by atoms with van der Waals surface area (Å²) in [6.07, 6.45) is -0.158. The molecule has 0 unspecified atom stereocenters. The quantitative estimate of drug-likeness (QED) is 0.533. The van der Waals surface area contributed by atoms with E-state index in [1.54, 1.807) is 13.8 Å². The van der Waals surface area contributed by atoms with Gasteiger partial charge >= 0.3 is 18.0 Å². The molecule has 0 fully saturated rings. The first-order valence-corrected chi connectivity index (χ1v) is 6.31. The maximum atomic E-state index is 11.9. The van der Waals surface area contributed by atoms with Gasteiger partial charge in [0, 0.05) is 19.0 Å². The van der Waals surface area contributed by atoms with Crippen LogP contribution in [0.3, 0.4) is 0 Å². The standard InChI is InChI=1S/C12H22N2O6/c1-8(2)14(6-7-15)12(19)13-9(11(17)18)4-5-10(16)20-3/h8-9,15H,4-7H2,1-3H3,(H,13,19)(H,17,18)/t9-/m1/s1. The number of esters is 1. The van der Waals surface area contributed by atoms with Crippen LogP contribution in [0, 0.1) is 0 Å². The normalized spacial score (nSPS) is 11.8. The van der Waals surface area contributed by atoms with E-state index < -0.39 is 24.0 Å². The number of aliphatic carboxylic acids is 1. The number of carboxylic acids is 1. The molecule has 0 aliphatic heterocycles. The Morgan fingerprint density at radius 2 is 1.90 bits per heavy atom. The van der Waals surface area contributed by atoms with Crippen molar-refractivity contribution < 1.29 is 29.3 Å². The van der Waals surface area contributed by atoms with Crippen LogP contribution in [-0.4, -0.2) is 65.4 Å². The van der Waals surface area contributed by atoms with E-state index in [9.17, 15) is 14.4 Å².